The quantitative estimate of drug-likeness (QED) is 0.628. The average Bonchev–Trinajstić information content (AvgIpc) is 2.86. The number of rotatable bonds is 11. The molecule has 7 heteroatoms. The van der Waals surface area contributed by atoms with Gasteiger partial charge in [-0.25, -0.2) is 0 Å². The second kappa shape index (κ2) is 10.0. The fraction of sp³-hybridized carbons (Fsp3) is 0.857. The van der Waals surface area contributed by atoms with E-state index in [1.54, 1.807) is 7.11 Å². The Kier molecular flexibility index (Phi) is 8.75. The van der Waals surface area contributed by atoms with Crippen LogP contribution in [0.4, 0.5) is 0 Å². The van der Waals surface area contributed by atoms with Gasteiger partial charge in [-0.3, -0.25) is 4.90 Å². The van der Waals surface area contributed by atoms with Crippen molar-refractivity contribution < 1.29 is 9.47 Å². The third-order valence-corrected chi connectivity index (χ3v) is 3.94. The summed E-state index contributed by atoms with van der Waals surface area (Å²) in [6.45, 7) is 12.6. The summed E-state index contributed by atoms with van der Waals surface area (Å²) in [5.74, 6) is 0. The van der Waals surface area contributed by atoms with Crippen LogP contribution in [0.15, 0.2) is 0 Å². The van der Waals surface area contributed by atoms with Gasteiger partial charge >= 0.3 is 0 Å². The van der Waals surface area contributed by atoms with Gasteiger partial charge in [-0.05, 0) is 27.7 Å². The molecule has 0 fully saturated rings. The van der Waals surface area contributed by atoms with E-state index in [1.165, 1.54) is 11.3 Å². The summed E-state index contributed by atoms with van der Waals surface area (Å²) in [7, 11) is 1.69. The maximum Gasteiger partial charge on any atom is 0.294 e. The third kappa shape index (κ3) is 7.17. The van der Waals surface area contributed by atoms with Crippen LogP contribution in [-0.2, 0) is 11.3 Å². The van der Waals surface area contributed by atoms with Gasteiger partial charge in [0.2, 0.25) is 0 Å². The van der Waals surface area contributed by atoms with Crippen molar-refractivity contribution in [1.82, 2.24) is 20.4 Å². The number of nitrogens with one attached hydrogen (secondary N) is 1. The molecule has 122 valence electrons. The SMILES string of the molecule is COCCNCc1nnc(OCCN(C(C)C)C(C)C)s1. The Hall–Kier alpha value is -0.760. The van der Waals surface area contributed by atoms with E-state index in [0.29, 0.717) is 37.0 Å². The number of ether oxygens (including phenoxy) is 2. The van der Waals surface area contributed by atoms with Crippen LogP contribution in [0, 0.1) is 0 Å². The zero-order chi connectivity index (χ0) is 15.7. The molecule has 21 heavy (non-hydrogen) atoms. The first-order valence-electron chi connectivity index (χ1n) is 7.45. The molecule has 6 nitrogen and oxygen atoms in total. The highest BCUT2D eigenvalue weighted by Gasteiger charge is 2.13. The minimum absolute atomic E-state index is 0.517. The molecule has 0 amide bonds. The normalized spacial score (nSPS) is 11.8. The minimum Gasteiger partial charge on any atom is -0.468 e. The second-order valence-electron chi connectivity index (χ2n) is 5.41. The van der Waals surface area contributed by atoms with Gasteiger partial charge in [-0.15, -0.1) is 10.2 Å². The molecule has 0 saturated carbocycles. The first kappa shape index (κ1) is 18.3. The van der Waals surface area contributed by atoms with Crippen molar-refractivity contribution in [1.29, 1.82) is 0 Å². The van der Waals surface area contributed by atoms with Crippen molar-refractivity contribution in [2.75, 3.05) is 33.4 Å². The van der Waals surface area contributed by atoms with Crippen LogP contribution >= 0.6 is 11.3 Å². The van der Waals surface area contributed by atoms with Gasteiger partial charge in [-0.1, -0.05) is 11.3 Å². The smallest absolute Gasteiger partial charge is 0.294 e. The van der Waals surface area contributed by atoms with Crippen molar-refractivity contribution in [3.63, 3.8) is 0 Å². The summed E-state index contributed by atoms with van der Waals surface area (Å²) in [5.41, 5.74) is 0. The monoisotopic (exact) mass is 316 g/mol. The van der Waals surface area contributed by atoms with Crippen LogP contribution in [-0.4, -0.2) is 60.6 Å². The highest BCUT2D eigenvalue weighted by atomic mass is 32.1. The Morgan fingerprint density at radius 2 is 1.86 bits per heavy atom. The average molecular weight is 316 g/mol. The Balaban J connectivity index is 2.28. The van der Waals surface area contributed by atoms with E-state index in [1.807, 2.05) is 0 Å². The standard InChI is InChI=1S/C14H28N4O2S/c1-11(2)18(12(3)4)7-9-20-14-17-16-13(21-14)10-15-6-8-19-5/h11-12,15H,6-10H2,1-5H3. The molecule has 0 aromatic carbocycles. The van der Waals surface area contributed by atoms with Crippen molar-refractivity contribution in [3.05, 3.63) is 5.01 Å². The Labute approximate surface area is 131 Å². The van der Waals surface area contributed by atoms with Crippen molar-refractivity contribution >= 4 is 11.3 Å². The summed E-state index contributed by atoms with van der Waals surface area (Å²) in [5, 5.41) is 13.0. The van der Waals surface area contributed by atoms with Crippen LogP contribution in [0.1, 0.15) is 32.7 Å². The minimum atomic E-state index is 0.517. The maximum atomic E-state index is 5.70. The highest BCUT2D eigenvalue weighted by molar-refractivity contribution is 7.13. The molecule has 0 aliphatic heterocycles. The third-order valence-electron chi connectivity index (χ3n) is 3.11. The summed E-state index contributed by atoms with van der Waals surface area (Å²) in [4.78, 5) is 2.40. The van der Waals surface area contributed by atoms with Crippen LogP contribution < -0.4 is 10.1 Å². The van der Waals surface area contributed by atoms with E-state index in [-0.39, 0.29) is 0 Å². The van der Waals surface area contributed by atoms with Gasteiger partial charge in [0, 0.05) is 38.8 Å². The lowest BCUT2D eigenvalue weighted by Gasteiger charge is -2.29. The molecule has 0 saturated heterocycles. The molecule has 0 aliphatic rings. The van der Waals surface area contributed by atoms with Gasteiger partial charge in [-0.2, -0.15) is 0 Å². The molecule has 0 unspecified atom stereocenters. The van der Waals surface area contributed by atoms with Crippen molar-refractivity contribution in [2.45, 2.75) is 46.3 Å². The summed E-state index contributed by atoms with van der Waals surface area (Å²) in [6, 6.07) is 1.03. The van der Waals surface area contributed by atoms with Gasteiger partial charge < -0.3 is 14.8 Å². The van der Waals surface area contributed by atoms with Gasteiger partial charge in [0.25, 0.3) is 5.19 Å². The summed E-state index contributed by atoms with van der Waals surface area (Å²) < 4.78 is 10.7. The van der Waals surface area contributed by atoms with Crippen LogP contribution in [0.3, 0.4) is 0 Å². The zero-order valence-electron chi connectivity index (χ0n) is 13.8. The molecule has 1 aromatic heterocycles. The van der Waals surface area contributed by atoms with Crippen LogP contribution in [0.5, 0.6) is 5.19 Å². The highest BCUT2D eigenvalue weighted by Crippen LogP contribution is 2.17. The molecule has 0 radical (unpaired) electrons. The van der Waals surface area contributed by atoms with E-state index >= 15 is 0 Å². The Bertz CT molecular complexity index is 377. The van der Waals surface area contributed by atoms with E-state index in [9.17, 15) is 0 Å². The van der Waals surface area contributed by atoms with Crippen LogP contribution in [0.25, 0.3) is 0 Å². The molecule has 1 heterocycles. The van der Waals surface area contributed by atoms with E-state index < -0.39 is 0 Å². The predicted octanol–water partition coefficient (Wildman–Crippen LogP) is 1.77. The van der Waals surface area contributed by atoms with Crippen molar-refractivity contribution in [2.24, 2.45) is 0 Å². The molecule has 0 bridgehead atoms. The predicted molar refractivity (Wildman–Crippen MR) is 86.0 cm³/mol. The lowest BCUT2D eigenvalue weighted by atomic mass is 10.2. The lowest BCUT2D eigenvalue weighted by molar-refractivity contribution is 0.141. The number of hydrogen-bond acceptors (Lipinski definition) is 7. The number of hydrogen-bond donors (Lipinski definition) is 1. The van der Waals surface area contributed by atoms with Gasteiger partial charge in [0.1, 0.15) is 11.6 Å². The lowest BCUT2D eigenvalue weighted by Crippen LogP contribution is -2.39. The molecule has 0 spiro atoms. The van der Waals surface area contributed by atoms with E-state index in [4.69, 9.17) is 9.47 Å². The molecule has 0 aliphatic carbocycles. The first-order chi connectivity index (χ1) is 10.0. The summed E-state index contributed by atoms with van der Waals surface area (Å²) >= 11 is 1.49. The van der Waals surface area contributed by atoms with Gasteiger partial charge in [0.15, 0.2) is 0 Å². The number of nitrogens with zero attached hydrogens (tertiary/aromatic N) is 3. The van der Waals surface area contributed by atoms with Gasteiger partial charge in [0.05, 0.1) is 6.61 Å². The molecule has 1 aromatic rings. The number of aromatic nitrogens is 2. The Morgan fingerprint density at radius 1 is 1.14 bits per heavy atom. The number of methoxy groups -OCH3 is 1. The molecular weight excluding hydrogens is 288 g/mol. The molecular formula is C14H28N4O2S. The zero-order valence-corrected chi connectivity index (χ0v) is 14.6. The molecule has 1 rings (SSSR count). The maximum absolute atomic E-state index is 5.70. The van der Waals surface area contributed by atoms with Crippen LogP contribution in [0.2, 0.25) is 0 Å². The fourth-order valence-electron chi connectivity index (χ4n) is 2.09. The Morgan fingerprint density at radius 3 is 2.48 bits per heavy atom. The molecule has 1 N–H and O–H groups in total. The topological polar surface area (TPSA) is 59.5 Å². The van der Waals surface area contributed by atoms with E-state index in [0.717, 1.165) is 18.1 Å². The van der Waals surface area contributed by atoms with Crippen molar-refractivity contribution in [3.8, 4) is 5.19 Å². The first-order valence-corrected chi connectivity index (χ1v) is 8.26. The largest absolute Gasteiger partial charge is 0.468 e. The molecule has 0 atom stereocenters. The second-order valence-corrected chi connectivity index (χ2v) is 6.43. The fourth-order valence-corrected chi connectivity index (χ4v) is 2.77. The summed E-state index contributed by atoms with van der Waals surface area (Å²) in [6.07, 6.45) is 0. The van der Waals surface area contributed by atoms with E-state index in [2.05, 4.69) is 48.1 Å².